The van der Waals surface area contributed by atoms with Crippen molar-refractivity contribution in [2.75, 3.05) is 11.9 Å². The number of anilines is 1. The molecule has 2 heterocycles. The summed E-state index contributed by atoms with van der Waals surface area (Å²) >= 11 is 7.34. The quantitative estimate of drug-likeness (QED) is 0.584. The number of carbonyl (C=O) groups excluding carboxylic acids is 1. The largest absolute Gasteiger partial charge is 0.358 e. The molecule has 0 saturated carbocycles. The molecule has 1 unspecified atom stereocenters. The van der Waals surface area contributed by atoms with E-state index in [-0.39, 0.29) is 0 Å². The van der Waals surface area contributed by atoms with Gasteiger partial charge in [0.15, 0.2) is 0 Å². The second kappa shape index (κ2) is 9.72. The number of benzene rings is 2. The lowest BCUT2D eigenvalue weighted by molar-refractivity contribution is -0.116. The van der Waals surface area contributed by atoms with Gasteiger partial charge in [0, 0.05) is 21.4 Å². The van der Waals surface area contributed by atoms with Crippen molar-refractivity contribution in [2.24, 2.45) is 0 Å². The van der Waals surface area contributed by atoms with Crippen molar-refractivity contribution in [1.29, 1.82) is 0 Å². The van der Waals surface area contributed by atoms with Crippen LogP contribution in [0.1, 0.15) is 19.1 Å². The molecule has 0 spiro atoms. The van der Waals surface area contributed by atoms with Gasteiger partial charge in [-0.05, 0) is 49.2 Å². The molecule has 10 heteroatoms. The summed E-state index contributed by atoms with van der Waals surface area (Å²) in [6, 6.07) is 14.3. The third-order valence-corrected chi connectivity index (χ3v) is 6.21. The Morgan fingerprint density at radius 3 is 2.66 bits per heavy atom. The Kier molecular flexibility index (Phi) is 6.78. The Bertz CT molecular complexity index is 1250. The molecule has 1 aromatic heterocycles. The van der Waals surface area contributed by atoms with Crippen molar-refractivity contribution in [2.45, 2.75) is 35.4 Å². The number of halogens is 2. The van der Waals surface area contributed by atoms with Crippen LogP contribution in [0.15, 0.2) is 74.1 Å². The van der Waals surface area contributed by atoms with Crippen LogP contribution in [0.3, 0.4) is 0 Å². The fraction of sp³-hybridized carbons (Fsp3) is 0.227. The molecule has 0 bridgehead atoms. The summed E-state index contributed by atoms with van der Waals surface area (Å²) in [5.41, 5.74) is -1.44. The van der Waals surface area contributed by atoms with Crippen LogP contribution in [0, 0.1) is 5.82 Å². The maximum atomic E-state index is 14.2. The van der Waals surface area contributed by atoms with Crippen LogP contribution in [0.5, 0.6) is 0 Å². The van der Waals surface area contributed by atoms with Crippen LogP contribution < -0.4 is 16.6 Å². The number of hydrogen-bond donors (Lipinski definition) is 1. The van der Waals surface area contributed by atoms with Gasteiger partial charge in [0.25, 0.3) is 5.56 Å². The van der Waals surface area contributed by atoms with Gasteiger partial charge in [0.1, 0.15) is 12.8 Å². The SMILES string of the molecule is O=C(Cn1c(=O)c(F)cn(C2CCCO2)c1=O)Nc1ccccc1Sc1ccc(Cl)cc1. The lowest BCUT2D eigenvalue weighted by Crippen LogP contribution is -2.44. The highest BCUT2D eigenvalue weighted by atomic mass is 35.5. The van der Waals surface area contributed by atoms with Gasteiger partial charge in [-0.15, -0.1) is 0 Å². The maximum Gasteiger partial charge on any atom is 0.333 e. The van der Waals surface area contributed by atoms with Crippen LogP contribution in [0.2, 0.25) is 5.02 Å². The van der Waals surface area contributed by atoms with E-state index >= 15 is 0 Å². The highest BCUT2D eigenvalue weighted by Crippen LogP contribution is 2.33. The van der Waals surface area contributed by atoms with Gasteiger partial charge in [-0.2, -0.15) is 4.39 Å². The predicted molar refractivity (Wildman–Crippen MR) is 120 cm³/mol. The molecule has 2 aromatic carbocycles. The number of hydrogen-bond acceptors (Lipinski definition) is 5. The van der Waals surface area contributed by atoms with Crippen molar-refractivity contribution in [3.63, 3.8) is 0 Å². The minimum Gasteiger partial charge on any atom is -0.358 e. The zero-order valence-corrected chi connectivity index (χ0v) is 18.4. The van der Waals surface area contributed by atoms with E-state index in [2.05, 4.69) is 5.32 Å². The maximum absolute atomic E-state index is 14.2. The molecule has 0 radical (unpaired) electrons. The smallest absolute Gasteiger partial charge is 0.333 e. The Morgan fingerprint density at radius 2 is 1.94 bits per heavy atom. The lowest BCUT2D eigenvalue weighted by atomic mass is 10.3. The zero-order valence-electron chi connectivity index (χ0n) is 16.8. The average molecular weight is 476 g/mol. The van der Waals surface area contributed by atoms with E-state index < -0.39 is 35.7 Å². The van der Waals surface area contributed by atoms with Gasteiger partial charge in [-0.25, -0.2) is 9.36 Å². The minimum atomic E-state index is -1.15. The van der Waals surface area contributed by atoms with Gasteiger partial charge in [0.05, 0.1) is 11.9 Å². The molecule has 1 saturated heterocycles. The first-order valence-electron chi connectivity index (χ1n) is 9.88. The topological polar surface area (TPSA) is 82.3 Å². The summed E-state index contributed by atoms with van der Waals surface area (Å²) in [6.07, 6.45) is 1.44. The summed E-state index contributed by atoms with van der Waals surface area (Å²) in [6.45, 7) is -0.178. The predicted octanol–water partition coefficient (Wildman–Crippen LogP) is 3.90. The van der Waals surface area contributed by atoms with E-state index in [9.17, 15) is 18.8 Å². The van der Waals surface area contributed by atoms with Crippen LogP contribution in [-0.2, 0) is 16.1 Å². The number of carbonyl (C=O) groups is 1. The molecule has 3 aromatic rings. The molecule has 166 valence electrons. The fourth-order valence-electron chi connectivity index (χ4n) is 3.34. The van der Waals surface area contributed by atoms with E-state index in [4.69, 9.17) is 16.3 Å². The summed E-state index contributed by atoms with van der Waals surface area (Å²) in [5, 5.41) is 3.32. The molecule has 1 atom stereocenters. The van der Waals surface area contributed by atoms with Crippen molar-refractivity contribution >= 4 is 35.0 Å². The molecule has 1 N–H and O–H groups in total. The molecular weight excluding hydrogens is 457 g/mol. The summed E-state index contributed by atoms with van der Waals surface area (Å²) in [4.78, 5) is 39.3. The van der Waals surface area contributed by atoms with Gasteiger partial charge in [-0.3, -0.25) is 14.2 Å². The number of nitrogens with zero attached hydrogens (tertiary/aromatic N) is 2. The van der Waals surface area contributed by atoms with E-state index in [1.54, 1.807) is 24.3 Å². The first-order valence-corrected chi connectivity index (χ1v) is 11.1. The second-order valence-electron chi connectivity index (χ2n) is 7.13. The summed E-state index contributed by atoms with van der Waals surface area (Å²) < 4.78 is 21.2. The average Bonchev–Trinajstić information content (AvgIpc) is 3.31. The second-order valence-corrected chi connectivity index (χ2v) is 8.68. The molecule has 7 nitrogen and oxygen atoms in total. The third-order valence-electron chi connectivity index (χ3n) is 4.87. The number of aromatic nitrogens is 2. The van der Waals surface area contributed by atoms with E-state index in [1.807, 2.05) is 24.3 Å². The Balaban J connectivity index is 1.55. The highest BCUT2D eigenvalue weighted by Gasteiger charge is 2.23. The number of rotatable bonds is 6. The van der Waals surface area contributed by atoms with Crippen LogP contribution in [0.4, 0.5) is 10.1 Å². The molecule has 1 fully saturated rings. The number of para-hydroxylation sites is 1. The molecule has 0 aliphatic carbocycles. The molecule has 1 aliphatic heterocycles. The normalized spacial score (nSPS) is 15.6. The van der Waals surface area contributed by atoms with Crippen molar-refractivity contribution < 1.29 is 13.9 Å². The minimum absolute atomic E-state index is 0.445. The molecule has 32 heavy (non-hydrogen) atoms. The number of ether oxygens (including phenoxy) is 1. The van der Waals surface area contributed by atoms with Crippen molar-refractivity contribution in [1.82, 2.24) is 9.13 Å². The van der Waals surface area contributed by atoms with Crippen molar-refractivity contribution in [3.05, 3.63) is 86.4 Å². The Morgan fingerprint density at radius 1 is 1.19 bits per heavy atom. The van der Waals surface area contributed by atoms with E-state index in [0.717, 1.165) is 27.0 Å². The third kappa shape index (κ3) is 4.95. The number of amides is 1. The van der Waals surface area contributed by atoms with E-state index in [0.29, 0.717) is 28.3 Å². The fourth-order valence-corrected chi connectivity index (χ4v) is 4.36. The Labute approximate surface area is 191 Å². The van der Waals surface area contributed by atoms with Crippen LogP contribution in [0.25, 0.3) is 0 Å². The van der Waals surface area contributed by atoms with Crippen LogP contribution in [-0.4, -0.2) is 21.6 Å². The van der Waals surface area contributed by atoms with Gasteiger partial charge >= 0.3 is 5.69 Å². The highest BCUT2D eigenvalue weighted by molar-refractivity contribution is 7.99. The van der Waals surface area contributed by atoms with Crippen LogP contribution >= 0.6 is 23.4 Å². The molecular formula is C22H19ClFN3O4S. The van der Waals surface area contributed by atoms with Crippen molar-refractivity contribution in [3.8, 4) is 0 Å². The summed E-state index contributed by atoms with van der Waals surface area (Å²) in [7, 11) is 0. The van der Waals surface area contributed by atoms with Gasteiger partial charge in [0.2, 0.25) is 11.7 Å². The van der Waals surface area contributed by atoms with Gasteiger partial charge in [-0.1, -0.05) is 35.5 Å². The Hall–Kier alpha value is -2.88. The first kappa shape index (κ1) is 22.3. The lowest BCUT2D eigenvalue weighted by Gasteiger charge is -2.16. The monoisotopic (exact) mass is 475 g/mol. The number of nitrogens with one attached hydrogen (secondary N) is 1. The molecule has 1 aliphatic rings. The zero-order chi connectivity index (χ0) is 22.7. The first-order chi connectivity index (χ1) is 15.4. The molecule has 1 amide bonds. The molecule has 4 rings (SSSR count). The summed E-state index contributed by atoms with van der Waals surface area (Å²) in [5.74, 6) is -1.75. The van der Waals surface area contributed by atoms with Gasteiger partial charge < -0.3 is 10.1 Å². The van der Waals surface area contributed by atoms with E-state index in [1.165, 1.54) is 11.8 Å². The standard InChI is InChI=1S/C22H19ClFN3O4S/c23-14-7-9-15(10-8-14)32-18-5-2-1-4-17(18)25-19(28)13-27-21(29)16(24)12-26(22(27)30)20-6-3-11-31-20/h1-2,4-5,7-10,12,20H,3,6,11,13H2,(H,25,28).